The Labute approximate surface area is 857 Å². The van der Waals surface area contributed by atoms with Crippen LogP contribution < -0.4 is 0 Å². The Kier molecular flexibility index (Phi) is 143. The molecule has 0 aromatic rings. The summed E-state index contributed by atoms with van der Waals surface area (Å²) in [6.45, 7) is 40.0. The van der Waals surface area contributed by atoms with Gasteiger partial charge in [-0.2, -0.15) is 4.21 Å². The van der Waals surface area contributed by atoms with E-state index in [1.807, 2.05) is 0 Å². The molecule has 0 atom stereocenters. The maximum atomic E-state index is 7.83. The first kappa shape index (κ1) is 140. The predicted molar refractivity (Wildman–Crippen MR) is 598 cm³/mol. The molecular weight excluding hydrogens is 1840 g/mol. The normalized spacial score (nSPS) is 10.5. The quantitative estimate of drug-likeness (QED) is 0.0251. The first-order valence-electron chi connectivity index (χ1n) is 52.2. The summed E-state index contributed by atoms with van der Waals surface area (Å²) in [6.07, 6.45) is 96.1. The monoisotopic (exact) mass is 2040 g/mol. The Morgan fingerprint density at radius 3 is 0.252 bits per heavy atom. The third kappa shape index (κ3) is 123. The van der Waals surface area contributed by atoms with Crippen LogP contribution in [0.15, 0.2) is 0 Å². The smallest absolute Gasteiger partial charge is 0.197 e. The van der Waals surface area contributed by atoms with Crippen molar-refractivity contribution in [1.29, 1.82) is 0 Å². The van der Waals surface area contributed by atoms with Crippen LogP contribution in [0, 0.1) is 0 Å². The van der Waals surface area contributed by atoms with Gasteiger partial charge < -0.3 is 178 Å². The minimum Gasteiger partial charge on any atom is -0.411 e. The summed E-state index contributed by atoms with van der Waals surface area (Å²) in [4.78, 5) is 13.4. The van der Waals surface area contributed by atoms with E-state index >= 15 is 0 Å². The van der Waals surface area contributed by atoms with Crippen LogP contribution in [0.1, 0.15) is 545 Å². The van der Waals surface area contributed by atoms with Crippen LogP contribution >= 0.6 is 73.3 Å². The van der Waals surface area contributed by atoms with E-state index in [0.29, 0.717) is 25.9 Å². The summed E-state index contributed by atoms with van der Waals surface area (Å²) in [5.74, 6) is 0. The molecule has 0 aromatic carbocycles. The maximum absolute atomic E-state index is 7.83. The standard InChI is InChI=1S/6C17H35NS2.Mo.OS/c6*1-3-5-7-9-11-13-15-18(17(19)20)16-14-12-10-8-6-4-2;;1-2/h6*3-16H2,1-2H3,(H,19,20);;/p-6. The molecule has 0 aliphatic carbocycles. The first-order chi connectivity index (χ1) is 59.3. The van der Waals surface area contributed by atoms with Crippen molar-refractivity contribution in [3.8, 4) is 0 Å². The molecule has 738 valence electrons. The van der Waals surface area contributed by atoms with Crippen molar-refractivity contribution in [2.24, 2.45) is 0 Å². The minimum absolute atomic E-state index is 0. The van der Waals surface area contributed by atoms with E-state index < -0.39 is 0 Å². The zero-order valence-corrected chi connectivity index (χ0v) is 95.8. The number of unbranched alkanes of at least 4 members (excludes halogenated alkanes) is 60. The Morgan fingerprint density at radius 2 is 0.195 bits per heavy atom. The fourth-order valence-electron chi connectivity index (χ4n) is 14.8. The number of thiocarbonyl (C=S) groups is 6. The molecular formula is C102H204MoN6OS13-6. The Balaban J connectivity index is -0.000000214. The summed E-state index contributed by atoms with van der Waals surface area (Å²) < 4.78 is 11.9. The molecule has 0 N–H and O–H groups in total. The SMILES string of the molecule is CCCCCCCCN(CCCCCCCC)C(=S)[S-].CCCCCCCCN(CCCCCCCC)C(=S)[S-].CCCCCCCCN(CCCCCCCC)C(=S)[S-].CCCCCCCCN(CCCCCCCC)C(=S)[S-].CCCCCCCCN(CCCCCCCC)C(=S)[S-].CCCCCCCCN(CCCCCCCC)C(=S)[S-].O=S.[Mo]. The van der Waals surface area contributed by atoms with Gasteiger partial charge in [0.05, 0.1) is 0 Å². The Bertz CT molecular complexity index is 1610. The van der Waals surface area contributed by atoms with Crippen molar-refractivity contribution < 1.29 is 25.3 Å². The molecule has 0 saturated heterocycles. The van der Waals surface area contributed by atoms with Gasteiger partial charge in [-0.25, -0.2) is 0 Å². The van der Waals surface area contributed by atoms with Crippen LogP contribution in [-0.2, 0) is 109 Å². The van der Waals surface area contributed by atoms with E-state index in [9.17, 15) is 0 Å². The molecule has 0 spiro atoms. The zero-order chi connectivity index (χ0) is 92.3. The molecule has 0 aliphatic heterocycles. The summed E-state index contributed by atoms with van der Waals surface area (Å²) in [7, 11) is 0. The average Bonchev–Trinajstić information content (AvgIpc) is 1.00. The first-order valence-corrected chi connectivity index (χ1v) is 57.5. The summed E-state index contributed by atoms with van der Waals surface area (Å²) in [5.41, 5.74) is 0. The summed E-state index contributed by atoms with van der Waals surface area (Å²) in [6, 6.07) is 0. The third-order valence-electron chi connectivity index (χ3n) is 22.9. The van der Waals surface area contributed by atoms with Crippen molar-refractivity contribution in [2.75, 3.05) is 78.5 Å². The van der Waals surface area contributed by atoms with Crippen LogP contribution in [0.5, 0.6) is 0 Å². The molecule has 21 heteroatoms. The van der Waals surface area contributed by atoms with Crippen molar-refractivity contribution in [3.05, 3.63) is 0 Å². The number of hydrogen-bond acceptors (Lipinski definition) is 14. The van der Waals surface area contributed by atoms with Gasteiger partial charge in [0.15, 0.2) is 12.5 Å². The predicted octanol–water partition coefficient (Wildman–Crippen LogP) is 34.7. The molecule has 7 nitrogen and oxygen atoms in total. The maximum Gasteiger partial charge on any atom is 0.197 e. The molecule has 0 aliphatic rings. The van der Waals surface area contributed by atoms with Gasteiger partial charge in [0, 0.05) is 99.6 Å². The van der Waals surface area contributed by atoms with Gasteiger partial charge in [-0.15, -0.1) is 0 Å². The second-order valence-corrected chi connectivity index (χ2v) is 40.9. The molecule has 0 aromatic heterocycles. The van der Waals surface area contributed by atoms with Crippen molar-refractivity contribution >= 4 is 188 Å². The van der Waals surface area contributed by atoms with Crippen LogP contribution in [0.2, 0.25) is 0 Å². The molecule has 0 unspecified atom stereocenters. The van der Waals surface area contributed by atoms with Crippen LogP contribution in [0.4, 0.5) is 0 Å². The average molecular weight is 2040 g/mol. The molecule has 0 radical (unpaired) electrons. The molecule has 123 heavy (non-hydrogen) atoms. The Hall–Kier alpha value is 1.37. The van der Waals surface area contributed by atoms with Gasteiger partial charge in [0.2, 0.25) is 0 Å². The van der Waals surface area contributed by atoms with Gasteiger partial charge in [-0.05, 0) is 77.0 Å². The molecule has 0 saturated carbocycles. The second-order valence-electron chi connectivity index (χ2n) is 34.7. The summed E-state index contributed by atoms with van der Waals surface area (Å²) >= 11 is 65.2. The minimum atomic E-state index is 0. The Morgan fingerprint density at radius 1 is 0.138 bits per heavy atom. The number of rotatable bonds is 84. The van der Waals surface area contributed by atoms with Gasteiger partial charge in [0.1, 0.15) is 0 Å². The van der Waals surface area contributed by atoms with Gasteiger partial charge in [-0.1, -0.05) is 494 Å². The molecule has 0 amide bonds. The fourth-order valence-corrected chi connectivity index (χ4v) is 17.0. The van der Waals surface area contributed by atoms with Crippen LogP contribution in [-0.4, -0.2) is 138 Å². The topological polar surface area (TPSA) is 36.5 Å². The summed E-state index contributed by atoms with van der Waals surface area (Å²) in [5, 5.41) is 0. The van der Waals surface area contributed by atoms with E-state index in [2.05, 4.69) is 125 Å². The van der Waals surface area contributed by atoms with E-state index in [1.54, 1.807) is 0 Å². The number of hydrogen-bond donors (Lipinski definition) is 0. The van der Waals surface area contributed by atoms with E-state index in [4.69, 9.17) is 153 Å². The molecule has 0 rings (SSSR count). The molecule has 0 bridgehead atoms. The largest absolute Gasteiger partial charge is 0.411 e. The third-order valence-corrected chi connectivity index (χ3v) is 26.0. The van der Waals surface area contributed by atoms with E-state index in [-0.39, 0.29) is 21.1 Å². The van der Waals surface area contributed by atoms with Crippen molar-refractivity contribution in [2.45, 2.75) is 545 Å². The fraction of sp³-hybridized carbons (Fsp3) is 0.941. The van der Waals surface area contributed by atoms with E-state index in [1.165, 1.54) is 462 Å². The van der Waals surface area contributed by atoms with Gasteiger partial charge in [-0.3, -0.25) is 0 Å². The van der Waals surface area contributed by atoms with Crippen molar-refractivity contribution in [1.82, 2.24) is 29.4 Å². The second kappa shape index (κ2) is 125. The molecule has 0 fully saturated rings. The molecule has 0 heterocycles. The van der Waals surface area contributed by atoms with Gasteiger partial charge in [0.25, 0.3) is 0 Å². The van der Waals surface area contributed by atoms with Crippen LogP contribution in [0.3, 0.4) is 0 Å². The number of nitrogens with zero attached hydrogens (tertiary/aromatic N) is 6. The van der Waals surface area contributed by atoms with Crippen molar-refractivity contribution in [3.63, 3.8) is 0 Å². The zero-order valence-electron chi connectivity index (χ0n) is 83.2. The van der Waals surface area contributed by atoms with Crippen LogP contribution in [0.25, 0.3) is 0 Å². The van der Waals surface area contributed by atoms with E-state index in [0.717, 1.165) is 78.5 Å². The van der Waals surface area contributed by atoms with Gasteiger partial charge >= 0.3 is 0 Å².